The van der Waals surface area contributed by atoms with E-state index in [1.165, 1.54) is 38.6 Å². The fourth-order valence-corrected chi connectivity index (χ4v) is 1.93. The van der Waals surface area contributed by atoms with Gasteiger partial charge in [0.15, 0.2) is 0 Å². The summed E-state index contributed by atoms with van der Waals surface area (Å²) in [5, 5.41) is 7.89. The molecule has 1 N–H and O–H groups in total. The molecule has 0 saturated heterocycles. The number of aromatic nitrogens is 3. The lowest BCUT2D eigenvalue weighted by atomic mass is 10.2. The van der Waals surface area contributed by atoms with Gasteiger partial charge in [0.1, 0.15) is 11.6 Å². The number of hydrogen-bond donors (Lipinski definition) is 1. The van der Waals surface area contributed by atoms with E-state index in [4.69, 9.17) is 0 Å². The first-order valence-corrected chi connectivity index (χ1v) is 6.37. The van der Waals surface area contributed by atoms with E-state index in [-0.39, 0.29) is 0 Å². The van der Waals surface area contributed by atoms with Crippen molar-refractivity contribution in [1.29, 1.82) is 0 Å². The van der Waals surface area contributed by atoms with E-state index in [2.05, 4.69) is 15.4 Å². The van der Waals surface area contributed by atoms with Crippen LogP contribution in [0.25, 0.3) is 0 Å². The van der Waals surface area contributed by atoms with Crippen molar-refractivity contribution in [2.45, 2.75) is 58.5 Å². The third kappa shape index (κ3) is 3.59. The van der Waals surface area contributed by atoms with E-state index in [1.54, 1.807) is 0 Å². The Kier molecular flexibility index (Phi) is 3.93. The molecule has 4 heteroatoms. The highest BCUT2D eigenvalue weighted by Gasteiger charge is 2.19. The Morgan fingerprint density at radius 2 is 2.06 bits per heavy atom. The van der Waals surface area contributed by atoms with Crippen LogP contribution in [0.5, 0.6) is 0 Å². The molecular weight excluding hydrogens is 200 g/mol. The Morgan fingerprint density at radius 3 is 2.69 bits per heavy atom. The van der Waals surface area contributed by atoms with E-state index in [9.17, 15) is 0 Å². The molecule has 1 aromatic heterocycles. The molecule has 0 atom stereocenters. The smallest absolute Gasteiger partial charge is 0.147 e. The standard InChI is InChI=1S/C12H22N4/c1-10-14-11(2)16(15-10)9-5-3-4-8-13-12-6-7-12/h12-13H,3-9H2,1-2H3. The van der Waals surface area contributed by atoms with Crippen LogP contribution >= 0.6 is 0 Å². The van der Waals surface area contributed by atoms with Crippen molar-refractivity contribution in [3.05, 3.63) is 11.6 Å². The molecule has 0 amide bonds. The molecule has 4 nitrogen and oxygen atoms in total. The second-order valence-electron chi connectivity index (χ2n) is 4.72. The number of unbranched alkanes of at least 4 members (excludes halogenated alkanes) is 2. The van der Waals surface area contributed by atoms with Gasteiger partial charge in [-0.3, -0.25) is 4.68 Å². The Hall–Kier alpha value is -0.900. The third-order valence-electron chi connectivity index (χ3n) is 3.02. The minimum absolute atomic E-state index is 0.847. The lowest BCUT2D eigenvalue weighted by Crippen LogP contribution is -2.17. The largest absolute Gasteiger partial charge is 0.314 e. The van der Waals surface area contributed by atoms with Crippen molar-refractivity contribution in [3.8, 4) is 0 Å². The molecule has 1 aromatic rings. The van der Waals surface area contributed by atoms with Crippen LogP contribution in [0.4, 0.5) is 0 Å². The second-order valence-corrected chi connectivity index (χ2v) is 4.72. The summed E-state index contributed by atoms with van der Waals surface area (Å²) in [6.07, 6.45) is 6.53. The fraction of sp³-hybridized carbons (Fsp3) is 0.833. The number of rotatable bonds is 7. The molecule has 0 bridgehead atoms. The maximum atomic E-state index is 4.36. The van der Waals surface area contributed by atoms with E-state index in [1.807, 2.05) is 18.5 Å². The zero-order chi connectivity index (χ0) is 11.4. The van der Waals surface area contributed by atoms with E-state index >= 15 is 0 Å². The lowest BCUT2D eigenvalue weighted by molar-refractivity contribution is 0.518. The first-order chi connectivity index (χ1) is 7.75. The van der Waals surface area contributed by atoms with E-state index in [0.717, 1.165) is 24.2 Å². The molecule has 0 aliphatic heterocycles. The summed E-state index contributed by atoms with van der Waals surface area (Å²) in [4.78, 5) is 4.30. The molecule has 1 saturated carbocycles. The van der Waals surface area contributed by atoms with Crippen LogP contribution in [0.3, 0.4) is 0 Å². The maximum absolute atomic E-state index is 4.36. The van der Waals surface area contributed by atoms with Gasteiger partial charge >= 0.3 is 0 Å². The zero-order valence-electron chi connectivity index (χ0n) is 10.4. The van der Waals surface area contributed by atoms with E-state index in [0.29, 0.717) is 0 Å². The topological polar surface area (TPSA) is 42.7 Å². The van der Waals surface area contributed by atoms with Gasteiger partial charge in [-0.2, -0.15) is 5.10 Å². The Morgan fingerprint density at radius 1 is 1.25 bits per heavy atom. The highest BCUT2D eigenvalue weighted by atomic mass is 15.3. The molecule has 0 radical (unpaired) electrons. The first kappa shape index (κ1) is 11.6. The maximum Gasteiger partial charge on any atom is 0.147 e. The molecule has 0 aromatic carbocycles. The van der Waals surface area contributed by atoms with E-state index < -0.39 is 0 Å². The van der Waals surface area contributed by atoms with Crippen LogP contribution in [0, 0.1) is 13.8 Å². The number of hydrogen-bond acceptors (Lipinski definition) is 3. The second kappa shape index (κ2) is 5.43. The van der Waals surface area contributed by atoms with Gasteiger partial charge in [-0.15, -0.1) is 0 Å². The Balaban J connectivity index is 1.54. The van der Waals surface area contributed by atoms with Gasteiger partial charge in [0.25, 0.3) is 0 Å². The quantitative estimate of drug-likeness (QED) is 0.716. The summed E-state index contributed by atoms with van der Waals surface area (Å²) >= 11 is 0. The van der Waals surface area contributed by atoms with Crippen molar-refractivity contribution in [3.63, 3.8) is 0 Å². The predicted octanol–water partition coefficient (Wildman–Crippen LogP) is 1.82. The summed E-state index contributed by atoms with van der Waals surface area (Å²) in [6.45, 7) is 6.16. The molecule has 0 spiro atoms. The summed E-state index contributed by atoms with van der Waals surface area (Å²) in [5.41, 5.74) is 0. The van der Waals surface area contributed by atoms with Crippen molar-refractivity contribution in [1.82, 2.24) is 20.1 Å². The van der Waals surface area contributed by atoms with Gasteiger partial charge in [-0.25, -0.2) is 4.98 Å². The minimum Gasteiger partial charge on any atom is -0.314 e. The molecule has 1 heterocycles. The van der Waals surface area contributed by atoms with Crippen LogP contribution in [0.1, 0.15) is 43.8 Å². The summed E-state index contributed by atoms with van der Waals surface area (Å²) in [6, 6.07) is 0.847. The Labute approximate surface area is 97.5 Å². The molecule has 1 aliphatic carbocycles. The minimum atomic E-state index is 0.847. The van der Waals surface area contributed by atoms with Gasteiger partial charge < -0.3 is 5.32 Å². The third-order valence-corrected chi connectivity index (χ3v) is 3.02. The van der Waals surface area contributed by atoms with Crippen molar-refractivity contribution < 1.29 is 0 Å². The molecular formula is C12H22N4. The number of nitrogens with zero attached hydrogens (tertiary/aromatic N) is 3. The molecule has 2 rings (SSSR count). The van der Waals surface area contributed by atoms with Gasteiger partial charge in [0, 0.05) is 12.6 Å². The van der Waals surface area contributed by atoms with Crippen LogP contribution in [0.2, 0.25) is 0 Å². The van der Waals surface area contributed by atoms with Crippen LogP contribution in [-0.4, -0.2) is 27.4 Å². The molecule has 1 aliphatic rings. The molecule has 1 fully saturated rings. The van der Waals surface area contributed by atoms with Gasteiger partial charge in [-0.05, 0) is 46.1 Å². The highest BCUT2D eigenvalue weighted by molar-refractivity contribution is 4.87. The zero-order valence-corrected chi connectivity index (χ0v) is 10.4. The highest BCUT2D eigenvalue weighted by Crippen LogP contribution is 2.18. The van der Waals surface area contributed by atoms with Gasteiger partial charge in [-0.1, -0.05) is 6.42 Å². The normalized spacial score (nSPS) is 15.6. The first-order valence-electron chi connectivity index (χ1n) is 6.37. The molecule has 90 valence electrons. The predicted molar refractivity (Wildman–Crippen MR) is 64.4 cm³/mol. The summed E-state index contributed by atoms with van der Waals surface area (Å²) < 4.78 is 2.02. The van der Waals surface area contributed by atoms with Gasteiger partial charge in [0.05, 0.1) is 0 Å². The fourth-order valence-electron chi connectivity index (χ4n) is 1.93. The van der Waals surface area contributed by atoms with Crippen molar-refractivity contribution in [2.24, 2.45) is 0 Å². The Bertz CT molecular complexity index is 328. The monoisotopic (exact) mass is 222 g/mol. The van der Waals surface area contributed by atoms with Crippen LogP contribution in [0.15, 0.2) is 0 Å². The average Bonchev–Trinajstić information content (AvgIpc) is 2.99. The molecule has 16 heavy (non-hydrogen) atoms. The van der Waals surface area contributed by atoms with Gasteiger partial charge in [0.2, 0.25) is 0 Å². The summed E-state index contributed by atoms with van der Waals surface area (Å²) in [7, 11) is 0. The summed E-state index contributed by atoms with van der Waals surface area (Å²) in [5.74, 6) is 1.92. The number of nitrogens with one attached hydrogen (secondary N) is 1. The number of aryl methyl sites for hydroxylation is 3. The average molecular weight is 222 g/mol. The van der Waals surface area contributed by atoms with Crippen molar-refractivity contribution in [2.75, 3.05) is 6.54 Å². The van der Waals surface area contributed by atoms with Crippen LogP contribution < -0.4 is 5.32 Å². The van der Waals surface area contributed by atoms with Crippen molar-refractivity contribution >= 4 is 0 Å². The van der Waals surface area contributed by atoms with Crippen LogP contribution in [-0.2, 0) is 6.54 Å². The molecule has 0 unspecified atom stereocenters. The SMILES string of the molecule is Cc1nc(C)n(CCCCCNC2CC2)n1. The lowest BCUT2D eigenvalue weighted by Gasteiger charge is -2.04.